The van der Waals surface area contributed by atoms with Crippen LogP contribution < -0.4 is 10.6 Å². The third-order valence-corrected chi connectivity index (χ3v) is 7.05. The fraction of sp³-hybridized carbons (Fsp3) is 0.393. The van der Waals surface area contributed by atoms with Gasteiger partial charge in [-0.25, -0.2) is 9.59 Å². The van der Waals surface area contributed by atoms with Gasteiger partial charge in [-0.15, -0.1) is 6.58 Å². The molecule has 4 rings (SSSR count). The highest BCUT2D eigenvalue weighted by molar-refractivity contribution is 5.83. The standard InChI is InChI=1S/C28H32N2O5/c1-2-3-14-25(27(32)33)29-26(31)16-18-9-8-15-24(18)30-28(34)35-17-23-21-12-6-4-10-19(21)20-11-5-7-13-22(20)23/h2,4-7,10-13,18,23-25H,1,3,8-9,14-17H2,(H,29,31)(H,30,34)(H,32,33). The molecule has 3 N–H and O–H groups in total. The van der Waals surface area contributed by atoms with Gasteiger partial charge in [0.2, 0.25) is 5.91 Å². The number of carboxylic acids is 1. The number of ether oxygens (including phenoxy) is 1. The van der Waals surface area contributed by atoms with Crippen LogP contribution in [0, 0.1) is 5.92 Å². The lowest BCUT2D eigenvalue weighted by Crippen LogP contribution is -2.43. The maximum Gasteiger partial charge on any atom is 0.407 e. The van der Waals surface area contributed by atoms with Crippen molar-refractivity contribution in [3.8, 4) is 11.1 Å². The molecule has 1 fully saturated rings. The summed E-state index contributed by atoms with van der Waals surface area (Å²) in [6.07, 6.45) is 4.58. The minimum Gasteiger partial charge on any atom is -0.480 e. The number of carbonyl (C=O) groups is 3. The predicted octanol–water partition coefficient (Wildman–Crippen LogP) is 4.62. The number of carboxylic acid groups (broad SMARTS) is 1. The van der Waals surface area contributed by atoms with E-state index in [1.54, 1.807) is 6.08 Å². The quantitative estimate of drug-likeness (QED) is 0.434. The molecule has 0 spiro atoms. The number of fused-ring (bicyclic) bond motifs is 3. The van der Waals surface area contributed by atoms with Crippen molar-refractivity contribution in [1.29, 1.82) is 0 Å². The van der Waals surface area contributed by atoms with E-state index in [2.05, 4.69) is 41.5 Å². The van der Waals surface area contributed by atoms with Crippen LogP contribution in [0.25, 0.3) is 11.1 Å². The maximum absolute atomic E-state index is 12.7. The molecule has 2 aromatic carbocycles. The summed E-state index contributed by atoms with van der Waals surface area (Å²) < 4.78 is 5.66. The molecule has 2 aliphatic carbocycles. The van der Waals surface area contributed by atoms with Crippen LogP contribution in [0.5, 0.6) is 0 Å². The van der Waals surface area contributed by atoms with Crippen LogP contribution in [0.4, 0.5) is 4.79 Å². The highest BCUT2D eigenvalue weighted by Gasteiger charge is 2.33. The summed E-state index contributed by atoms with van der Waals surface area (Å²) in [5.74, 6) is -1.43. The van der Waals surface area contributed by atoms with E-state index in [9.17, 15) is 19.5 Å². The molecule has 7 heteroatoms. The lowest BCUT2D eigenvalue weighted by molar-refractivity contribution is -0.142. The van der Waals surface area contributed by atoms with Gasteiger partial charge in [0.05, 0.1) is 0 Å². The molecule has 184 valence electrons. The number of aliphatic carboxylic acids is 1. The summed E-state index contributed by atoms with van der Waals surface area (Å²) in [7, 11) is 0. The first-order chi connectivity index (χ1) is 17.0. The summed E-state index contributed by atoms with van der Waals surface area (Å²) in [6, 6.07) is 15.3. The maximum atomic E-state index is 12.7. The molecule has 7 nitrogen and oxygen atoms in total. The lowest BCUT2D eigenvalue weighted by atomic mass is 9.98. The first-order valence-electron chi connectivity index (χ1n) is 12.2. The average Bonchev–Trinajstić information content (AvgIpc) is 3.42. The summed E-state index contributed by atoms with van der Waals surface area (Å²) in [5.41, 5.74) is 4.65. The second-order valence-electron chi connectivity index (χ2n) is 9.30. The Morgan fingerprint density at radius 2 is 1.71 bits per heavy atom. The Morgan fingerprint density at radius 1 is 1.06 bits per heavy atom. The number of carbonyl (C=O) groups excluding carboxylic acids is 2. The highest BCUT2D eigenvalue weighted by Crippen LogP contribution is 2.44. The van der Waals surface area contributed by atoms with Crippen molar-refractivity contribution in [1.82, 2.24) is 10.6 Å². The number of amides is 2. The molecule has 2 amide bonds. The first kappa shape index (κ1) is 24.5. The van der Waals surface area contributed by atoms with E-state index >= 15 is 0 Å². The van der Waals surface area contributed by atoms with Gasteiger partial charge in [0, 0.05) is 18.4 Å². The van der Waals surface area contributed by atoms with Crippen molar-refractivity contribution in [2.75, 3.05) is 6.61 Å². The van der Waals surface area contributed by atoms with E-state index in [1.807, 2.05) is 24.3 Å². The molecular weight excluding hydrogens is 444 g/mol. The normalized spacial score (nSPS) is 19.3. The Labute approximate surface area is 205 Å². The van der Waals surface area contributed by atoms with Crippen molar-refractivity contribution < 1.29 is 24.2 Å². The van der Waals surface area contributed by atoms with Crippen molar-refractivity contribution in [3.05, 3.63) is 72.3 Å². The van der Waals surface area contributed by atoms with Gasteiger partial charge in [0.15, 0.2) is 0 Å². The van der Waals surface area contributed by atoms with E-state index in [4.69, 9.17) is 4.74 Å². The van der Waals surface area contributed by atoms with Crippen LogP contribution >= 0.6 is 0 Å². The molecule has 3 unspecified atom stereocenters. The van der Waals surface area contributed by atoms with Crippen LogP contribution in [0.3, 0.4) is 0 Å². The van der Waals surface area contributed by atoms with Crippen LogP contribution in [-0.2, 0) is 14.3 Å². The SMILES string of the molecule is C=CCCC(NC(=O)CC1CCCC1NC(=O)OCC1c2ccccc2-c2ccccc21)C(=O)O. The lowest BCUT2D eigenvalue weighted by Gasteiger charge is -2.22. The molecule has 2 aliphatic rings. The number of allylic oxidation sites excluding steroid dienone is 1. The third-order valence-electron chi connectivity index (χ3n) is 7.05. The van der Waals surface area contributed by atoms with E-state index in [0.717, 1.165) is 30.4 Å². The number of rotatable bonds is 10. The van der Waals surface area contributed by atoms with Crippen molar-refractivity contribution in [2.24, 2.45) is 5.92 Å². The molecule has 0 saturated heterocycles. The minimum absolute atomic E-state index is 0.0122. The minimum atomic E-state index is -1.06. The number of hydrogen-bond acceptors (Lipinski definition) is 4. The molecular formula is C28H32N2O5. The topological polar surface area (TPSA) is 105 Å². The fourth-order valence-electron chi connectivity index (χ4n) is 5.30. The summed E-state index contributed by atoms with van der Waals surface area (Å²) >= 11 is 0. The molecule has 0 aliphatic heterocycles. The Kier molecular flexibility index (Phi) is 7.85. The summed E-state index contributed by atoms with van der Waals surface area (Å²) in [6.45, 7) is 3.83. The zero-order valence-corrected chi connectivity index (χ0v) is 19.7. The number of alkyl carbamates (subject to hydrolysis) is 1. The molecule has 3 atom stereocenters. The van der Waals surface area contributed by atoms with Gasteiger partial charge < -0.3 is 20.5 Å². The van der Waals surface area contributed by atoms with Gasteiger partial charge in [0.25, 0.3) is 0 Å². The Hall–Kier alpha value is -3.61. The predicted molar refractivity (Wildman–Crippen MR) is 133 cm³/mol. The van der Waals surface area contributed by atoms with Gasteiger partial charge in [-0.05, 0) is 53.9 Å². The van der Waals surface area contributed by atoms with Gasteiger partial charge in [-0.3, -0.25) is 4.79 Å². The molecule has 0 heterocycles. The van der Waals surface area contributed by atoms with E-state index < -0.39 is 18.1 Å². The Balaban J connectivity index is 1.31. The van der Waals surface area contributed by atoms with Gasteiger partial charge in [0.1, 0.15) is 12.6 Å². The molecule has 35 heavy (non-hydrogen) atoms. The molecule has 2 aromatic rings. The van der Waals surface area contributed by atoms with Crippen molar-refractivity contribution in [3.63, 3.8) is 0 Å². The monoisotopic (exact) mass is 476 g/mol. The number of hydrogen-bond donors (Lipinski definition) is 3. The molecule has 0 radical (unpaired) electrons. The number of nitrogens with one attached hydrogen (secondary N) is 2. The first-order valence-corrected chi connectivity index (χ1v) is 12.2. The van der Waals surface area contributed by atoms with E-state index in [1.165, 1.54) is 11.1 Å². The van der Waals surface area contributed by atoms with E-state index in [0.29, 0.717) is 12.8 Å². The summed E-state index contributed by atoms with van der Waals surface area (Å²) in [4.78, 5) is 36.6. The van der Waals surface area contributed by atoms with Crippen LogP contribution in [0.15, 0.2) is 61.2 Å². The molecule has 0 bridgehead atoms. The smallest absolute Gasteiger partial charge is 0.407 e. The van der Waals surface area contributed by atoms with E-state index in [-0.39, 0.29) is 36.8 Å². The second-order valence-corrected chi connectivity index (χ2v) is 9.30. The van der Waals surface area contributed by atoms with Crippen LogP contribution in [-0.4, -0.2) is 41.8 Å². The Bertz CT molecular complexity index is 1050. The third kappa shape index (κ3) is 5.73. The van der Waals surface area contributed by atoms with Gasteiger partial charge in [-0.2, -0.15) is 0 Å². The highest BCUT2D eigenvalue weighted by atomic mass is 16.5. The number of benzene rings is 2. The molecule has 0 aromatic heterocycles. The molecule has 1 saturated carbocycles. The second kappa shape index (κ2) is 11.2. The van der Waals surface area contributed by atoms with Crippen LogP contribution in [0.1, 0.15) is 55.6 Å². The van der Waals surface area contributed by atoms with Gasteiger partial charge >= 0.3 is 12.1 Å². The fourth-order valence-corrected chi connectivity index (χ4v) is 5.30. The van der Waals surface area contributed by atoms with Gasteiger partial charge in [-0.1, -0.05) is 61.0 Å². The summed E-state index contributed by atoms with van der Waals surface area (Å²) in [5, 5.41) is 14.9. The Morgan fingerprint density at radius 3 is 2.34 bits per heavy atom. The largest absolute Gasteiger partial charge is 0.480 e. The average molecular weight is 477 g/mol. The van der Waals surface area contributed by atoms with Crippen molar-refractivity contribution in [2.45, 2.75) is 56.5 Å². The zero-order chi connectivity index (χ0) is 24.8. The van der Waals surface area contributed by atoms with Crippen LogP contribution in [0.2, 0.25) is 0 Å². The van der Waals surface area contributed by atoms with Crippen molar-refractivity contribution >= 4 is 18.0 Å². The zero-order valence-electron chi connectivity index (χ0n) is 19.7.